The smallest absolute Gasteiger partial charge is 0.753 e. The van der Waals surface area contributed by atoms with Crippen molar-refractivity contribution >= 4 is 53.0 Å². The summed E-state index contributed by atoms with van der Waals surface area (Å²) in [6.45, 7) is 5.08. The molecule has 0 unspecified atom stereocenters. The average molecular weight is 1080 g/mol. The number of unbranched alkanes of at least 4 members (excludes halogenated alkanes) is 6. The van der Waals surface area contributed by atoms with E-state index in [9.17, 15) is 22.8 Å². The van der Waals surface area contributed by atoms with Gasteiger partial charge in [-0.05, 0) is 95.6 Å². The van der Waals surface area contributed by atoms with Gasteiger partial charge in [0.05, 0.1) is 40.5 Å². The van der Waals surface area contributed by atoms with Crippen molar-refractivity contribution in [1.29, 1.82) is 0 Å². The van der Waals surface area contributed by atoms with Crippen LogP contribution in [0.25, 0.3) is 50.0 Å². The Bertz CT molecular complexity index is 2830. The number of alkyl halides is 3. The van der Waals surface area contributed by atoms with Crippen LogP contribution in [0.15, 0.2) is 89.9 Å². The first-order chi connectivity index (χ1) is 33.0. The maximum absolute atomic E-state index is 12.8. The van der Waals surface area contributed by atoms with Crippen LogP contribution in [0.1, 0.15) is 92.5 Å². The first kappa shape index (κ1) is 55.3. The van der Waals surface area contributed by atoms with E-state index in [-0.39, 0.29) is 30.9 Å². The van der Waals surface area contributed by atoms with Gasteiger partial charge in [-0.3, -0.25) is 19.6 Å². The van der Waals surface area contributed by atoms with Crippen molar-refractivity contribution in [3.63, 3.8) is 0 Å². The van der Waals surface area contributed by atoms with Crippen molar-refractivity contribution < 1.29 is 56.4 Å². The van der Waals surface area contributed by atoms with Gasteiger partial charge in [0.2, 0.25) is 5.88 Å². The molecule has 69 heavy (non-hydrogen) atoms. The topological polar surface area (TPSA) is 163 Å². The van der Waals surface area contributed by atoms with Crippen LogP contribution in [0.5, 0.6) is 17.4 Å². The Labute approximate surface area is 424 Å². The first-order valence-electron chi connectivity index (χ1n) is 21.5. The molecule has 0 aliphatic heterocycles. The van der Waals surface area contributed by atoms with E-state index in [4.69, 9.17) is 19.6 Å². The van der Waals surface area contributed by atoms with Crippen molar-refractivity contribution in [1.82, 2.24) is 30.1 Å². The van der Waals surface area contributed by atoms with Gasteiger partial charge in [0.25, 0.3) is 12.9 Å². The molecule has 12 nitrogen and oxygen atoms in total. The molecule has 0 atom stereocenters. The second-order valence-electron chi connectivity index (χ2n) is 14.7. The van der Waals surface area contributed by atoms with Crippen LogP contribution in [-0.2, 0) is 48.1 Å². The summed E-state index contributed by atoms with van der Waals surface area (Å²) in [7, 11) is 1.48. The standard InChI is InChI=1S/C29H25N3O4S.C20H21F3N3OS.CNS.Ru/c1-2-3-4-5-6-22-11-14-37-29(22)8-7-21-9-12-30-25(15-21)27-17-24(36-20-34)18-28(32-27)26-16-23(35-19-33)10-13-31-26;1-3-4-5-6-7-13-8-9-28-19(13)14-10-15(24-18(11-14)27-2)16-12-17(26-25-16)20(21,22)23;2-1-3;/h9-20H,2-6H2,1H3;8-12H,3-7H2,1-2H3;;/q;2*-1;+2. The van der Waals surface area contributed by atoms with E-state index < -0.39 is 11.9 Å². The number of hydrogen-bond donors (Lipinski definition) is 0. The molecule has 0 amide bonds. The van der Waals surface area contributed by atoms with Gasteiger partial charge >= 0.3 is 25.7 Å². The minimum Gasteiger partial charge on any atom is -0.753 e. The number of methoxy groups -OCH3 is 1. The summed E-state index contributed by atoms with van der Waals surface area (Å²) in [5.41, 5.74) is 5.44. The number of ether oxygens (including phenoxy) is 3. The van der Waals surface area contributed by atoms with E-state index in [1.807, 2.05) is 17.5 Å². The molecule has 0 saturated heterocycles. The van der Waals surface area contributed by atoms with Crippen LogP contribution in [0.4, 0.5) is 13.2 Å². The molecular formula is C50H46F3N7O5RuS3. The molecule has 0 fully saturated rings. The van der Waals surface area contributed by atoms with Crippen LogP contribution in [0, 0.1) is 11.8 Å². The number of isothiocyanates is 1. The maximum atomic E-state index is 12.8. The molecule has 19 heteroatoms. The number of aryl methyl sites for hydroxylation is 2. The number of thiophene rings is 2. The zero-order chi connectivity index (χ0) is 48.7. The minimum absolute atomic E-state index is 0. The Kier molecular flexibility index (Phi) is 23.2. The van der Waals surface area contributed by atoms with E-state index in [0.717, 1.165) is 46.2 Å². The van der Waals surface area contributed by atoms with E-state index in [0.29, 0.717) is 53.0 Å². The third kappa shape index (κ3) is 17.0. The molecule has 7 rings (SSSR count). The van der Waals surface area contributed by atoms with E-state index >= 15 is 0 Å². The Hall–Kier alpha value is -6.28. The number of nitrogens with zero attached hydrogens (tertiary/aromatic N) is 7. The summed E-state index contributed by atoms with van der Waals surface area (Å²) in [6.07, 6.45) is 10.2. The normalized spacial score (nSPS) is 10.4. The number of halogens is 3. The van der Waals surface area contributed by atoms with E-state index in [1.54, 1.807) is 65.3 Å². The number of rotatable bonds is 19. The fourth-order valence-corrected chi connectivity index (χ4v) is 8.44. The van der Waals surface area contributed by atoms with Gasteiger partial charge in [-0.1, -0.05) is 82.1 Å². The first-order valence-corrected chi connectivity index (χ1v) is 23.7. The number of hydrogen-bond acceptors (Lipinski definition) is 13. The molecule has 7 aromatic heterocycles. The zero-order valence-corrected chi connectivity index (χ0v) is 42.0. The van der Waals surface area contributed by atoms with Crippen molar-refractivity contribution in [3.05, 3.63) is 123 Å². The third-order valence-electron chi connectivity index (χ3n) is 9.96. The molecule has 0 aliphatic rings. The second-order valence-corrected chi connectivity index (χ2v) is 16.7. The fraction of sp³-hybridized carbons (Fsp3) is 0.280. The maximum Gasteiger partial charge on any atom is 2.00 e. The Morgan fingerprint density at radius 2 is 1.33 bits per heavy atom. The van der Waals surface area contributed by atoms with Gasteiger partial charge in [-0.25, -0.2) is 9.97 Å². The summed E-state index contributed by atoms with van der Waals surface area (Å²) in [5, 5.41) is 19.5. The Balaban J connectivity index is 0.000000290. The van der Waals surface area contributed by atoms with Crippen molar-refractivity contribution in [2.75, 3.05) is 7.11 Å². The molecule has 0 spiro atoms. The molecule has 0 radical (unpaired) electrons. The predicted octanol–water partition coefficient (Wildman–Crippen LogP) is 12.5. The van der Waals surface area contributed by atoms with Crippen LogP contribution >= 0.6 is 34.9 Å². The quantitative estimate of drug-likeness (QED) is 0.0188. The average Bonchev–Trinajstić information content (AvgIpc) is 4.14. The zero-order valence-electron chi connectivity index (χ0n) is 37.8. The molecule has 358 valence electrons. The van der Waals surface area contributed by atoms with Crippen LogP contribution < -0.4 is 19.3 Å². The Morgan fingerprint density at radius 3 is 1.97 bits per heavy atom. The summed E-state index contributed by atoms with van der Waals surface area (Å²) in [5.74, 6) is 7.49. The minimum atomic E-state index is -4.54. The predicted molar refractivity (Wildman–Crippen MR) is 262 cm³/mol. The molecule has 0 aromatic carbocycles. The molecule has 0 N–H and O–H groups in total. The molecule has 0 aliphatic carbocycles. The molecule has 7 heterocycles. The summed E-state index contributed by atoms with van der Waals surface area (Å²) < 4.78 is 53.8. The molecule has 7 aromatic rings. The van der Waals surface area contributed by atoms with Crippen molar-refractivity contribution in [3.8, 4) is 73.8 Å². The number of pyridine rings is 4. The summed E-state index contributed by atoms with van der Waals surface area (Å²) in [6, 6.07) is 18.7. The largest absolute Gasteiger partial charge is 2.00 e. The fourth-order valence-electron chi connectivity index (χ4n) is 6.69. The second kappa shape index (κ2) is 28.9. The van der Waals surface area contributed by atoms with Crippen LogP contribution in [0.3, 0.4) is 0 Å². The molecular weight excluding hydrogens is 1030 g/mol. The van der Waals surface area contributed by atoms with Crippen LogP contribution in [0.2, 0.25) is 0 Å². The molecule has 0 bridgehead atoms. The van der Waals surface area contributed by atoms with Gasteiger partial charge in [-0.15, -0.1) is 22.7 Å². The van der Waals surface area contributed by atoms with Gasteiger partial charge in [0.15, 0.2) is 0 Å². The number of carbonyl (C=O) groups excluding carboxylic acids is 2. The SMILES string of the molecule is CCCCCCc1ccsc1-c1cc(OC)nc(-c2cc(C(F)(F)F)n[n-]2)c1.CCCCCCc1ccsc1C#Cc1ccnc(-c2cc(OC=O)cc(-c3cc(OC=O)ccn3)n2)c1.[N-]=C=S.[Ru+2]. The number of aromatic nitrogens is 6. The number of thiocarbonyl (C=S) groups is 1. The van der Waals surface area contributed by atoms with E-state index in [1.165, 1.54) is 74.5 Å². The summed E-state index contributed by atoms with van der Waals surface area (Å²) in [4.78, 5) is 41.6. The monoisotopic (exact) mass is 1080 g/mol. The van der Waals surface area contributed by atoms with E-state index in [2.05, 4.69) is 85.6 Å². The van der Waals surface area contributed by atoms with Crippen LogP contribution in [-0.4, -0.2) is 50.3 Å². The van der Waals surface area contributed by atoms with Crippen molar-refractivity contribution in [2.45, 2.75) is 84.2 Å². The summed E-state index contributed by atoms with van der Waals surface area (Å²) >= 11 is 6.95. The van der Waals surface area contributed by atoms with Gasteiger partial charge in [0.1, 0.15) is 17.2 Å². The van der Waals surface area contributed by atoms with Gasteiger partial charge in [0, 0.05) is 47.1 Å². The number of carbonyl (C=O) groups is 2. The van der Waals surface area contributed by atoms with Gasteiger partial charge < -0.3 is 29.8 Å². The third-order valence-corrected chi connectivity index (χ3v) is 11.8. The van der Waals surface area contributed by atoms with Crippen molar-refractivity contribution in [2.24, 2.45) is 0 Å². The van der Waals surface area contributed by atoms with Gasteiger partial charge in [-0.2, -0.15) is 18.3 Å². The molecule has 0 saturated carbocycles. The Morgan fingerprint density at radius 1 is 0.725 bits per heavy atom.